The monoisotopic (exact) mass is 210 g/mol. The van der Waals surface area contributed by atoms with E-state index in [9.17, 15) is 17.6 Å². The molecule has 0 atom stereocenters. The van der Waals surface area contributed by atoms with E-state index in [1.54, 1.807) is 0 Å². The van der Waals surface area contributed by atoms with Gasteiger partial charge in [-0.3, -0.25) is 4.98 Å². The van der Waals surface area contributed by atoms with Gasteiger partial charge in [-0.25, -0.2) is 4.39 Å². The number of hydrogen-bond donors (Lipinski definition) is 1. The molecule has 0 amide bonds. The summed E-state index contributed by atoms with van der Waals surface area (Å²) in [6, 6.07) is 0.780. The maximum absolute atomic E-state index is 13.0. The average Bonchev–Trinajstić information content (AvgIpc) is 2.06. The first-order valence-electron chi connectivity index (χ1n) is 3.53. The molecule has 1 rings (SSSR count). The van der Waals surface area contributed by atoms with Crippen molar-refractivity contribution in [2.24, 2.45) is 5.73 Å². The Balaban J connectivity index is 2.98. The summed E-state index contributed by atoms with van der Waals surface area (Å²) < 4.78 is 51.6. The molecule has 0 fully saturated rings. The number of ether oxygens (including phenoxy) is 1. The van der Waals surface area contributed by atoms with Gasteiger partial charge < -0.3 is 10.5 Å². The predicted molar refractivity (Wildman–Crippen MR) is 38.8 cm³/mol. The van der Waals surface area contributed by atoms with Gasteiger partial charge in [-0.15, -0.1) is 13.2 Å². The van der Waals surface area contributed by atoms with Crippen molar-refractivity contribution in [1.29, 1.82) is 0 Å². The fourth-order valence-corrected chi connectivity index (χ4v) is 0.813. The van der Waals surface area contributed by atoms with Crippen LogP contribution >= 0.6 is 0 Å². The Morgan fingerprint density at radius 3 is 2.57 bits per heavy atom. The van der Waals surface area contributed by atoms with E-state index >= 15 is 0 Å². The highest BCUT2D eigenvalue weighted by Gasteiger charge is 2.32. The fraction of sp³-hybridized carbons (Fsp3) is 0.286. The van der Waals surface area contributed by atoms with E-state index < -0.39 is 17.9 Å². The standard InChI is InChI=1S/C7H6F4N2O/c8-6-4(3-12)13-2-1-5(6)14-7(9,10)11/h1-2H,3,12H2. The second kappa shape index (κ2) is 3.79. The molecule has 0 saturated carbocycles. The molecule has 2 N–H and O–H groups in total. The topological polar surface area (TPSA) is 48.1 Å². The van der Waals surface area contributed by atoms with Crippen molar-refractivity contribution < 1.29 is 22.3 Å². The van der Waals surface area contributed by atoms with E-state index in [1.165, 1.54) is 0 Å². The third-order valence-electron chi connectivity index (χ3n) is 1.35. The van der Waals surface area contributed by atoms with Crippen molar-refractivity contribution >= 4 is 0 Å². The Morgan fingerprint density at radius 1 is 1.43 bits per heavy atom. The Bertz CT molecular complexity index is 326. The lowest BCUT2D eigenvalue weighted by molar-refractivity contribution is -0.275. The number of nitrogens with zero attached hydrogens (tertiary/aromatic N) is 1. The van der Waals surface area contributed by atoms with Crippen molar-refractivity contribution in [3.05, 3.63) is 23.8 Å². The maximum atomic E-state index is 13.0. The zero-order chi connectivity index (χ0) is 10.8. The Kier molecular flexibility index (Phi) is 2.90. The van der Waals surface area contributed by atoms with E-state index in [0.717, 1.165) is 12.3 Å². The van der Waals surface area contributed by atoms with Gasteiger partial charge in [0.2, 0.25) is 0 Å². The van der Waals surface area contributed by atoms with Gasteiger partial charge in [0.25, 0.3) is 0 Å². The first kappa shape index (κ1) is 10.7. The molecular weight excluding hydrogens is 204 g/mol. The number of pyridine rings is 1. The van der Waals surface area contributed by atoms with Crippen LogP contribution in [0.15, 0.2) is 12.3 Å². The predicted octanol–water partition coefficient (Wildman–Crippen LogP) is 1.58. The summed E-state index contributed by atoms with van der Waals surface area (Å²) in [7, 11) is 0. The van der Waals surface area contributed by atoms with Crippen LogP contribution in [0.5, 0.6) is 5.75 Å². The molecule has 0 aromatic carbocycles. The van der Waals surface area contributed by atoms with Crippen LogP contribution in [0.4, 0.5) is 17.6 Å². The Hall–Kier alpha value is -1.37. The molecule has 78 valence electrons. The zero-order valence-corrected chi connectivity index (χ0v) is 6.81. The highest BCUT2D eigenvalue weighted by atomic mass is 19.4. The van der Waals surface area contributed by atoms with E-state index in [4.69, 9.17) is 5.73 Å². The lowest BCUT2D eigenvalue weighted by atomic mass is 10.3. The maximum Gasteiger partial charge on any atom is 0.573 e. The van der Waals surface area contributed by atoms with Crippen molar-refractivity contribution in [2.45, 2.75) is 12.9 Å². The molecule has 1 heterocycles. The number of hydrogen-bond acceptors (Lipinski definition) is 3. The molecule has 1 aromatic heterocycles. The number of alkyl halides is 3. The van der Waals surface area contributed by atoms with E-state index in [1.807, 2.05) is 0 Å². The van der Waals surface area contributed by atoms with Crippen LogP contribution in [-0.4, -0.2) is 11.3 Å². The van der Waals surface area contributed by atoms with Crippen LogP contribution < -0.4 is 10.5 Å². The molecule has 0 radical (unpaired) electrons. The molecule has 14 heavy (non-hydrogen) atoms. The van der Waals surface area contributed by atoms with Gasteiger partial charge in [0.1, 0.15) is 0 Å². The minimum absolute atomic E-state index is 0.272. The Labute approximate surface area is 76.5 Å². The molecule has 0 saturated heterocycles. The third kappa shape index (κ3) is 2.56. The van der Waals surface area contributed by atoms with Crippen molar-refractivity contribution in [2.75, 3.05) is 0 Å². The quantitative estimate of drug-likeness (QED) is 0.754. The van der Waals surface area contributed by atoms with Gasteiger partial charge in [0, 0.05) is 18.8 Å². The summed E-state index contributed by atoms with van der Waals surface area (Å²) in [6.45, 7) is -0.291. The van der Waals surface area contributed by atoms with E-state index in [-0.39, 0.29) is 12.2 Å². The summed E-state index contributed by atoms with van der Waals surface area (Å²) in [6.07, 6.45) is -3.93. The molecule has 0 aliphatic heterocycles. The number of nitrogens with two attached hydrogens (primary N) is 1. The van der Waals surface area contributed by atoms with Crippen LogP contribution in [0.25, 0.3) is 0 Å². The van der Waals surface area contributed by atoms with E-state index in [0.29, 0.717) is 0 Å². The molecule has 0 aliphatic rings. The van der Waals surface area contributed by atoms with Crippen LogP contribution in [-0.2, 0) is 6.54 Å². The summed E-state index contributed by atoms with van der Waals surface area (Å²) in [4.78, 5) is 3.44. The van der Waals surface area contributed by atoms with Crippen LogP contribution in [0.3, 0.4) is 0 Å². The highest BCUT2D eigenvalue weighted by molar-refractivity contribution is 5.25. The number of halogens is 4. The highest BCUT2D eigenvalue weighted by Crippen LogP contribution is 2.25. The first-order valence-corrected chi connectivity index (χ1v) is 3.53. The number of aromatic nitrogens is 1. The molecular formula is C7H6F4N2O. The van der Waals surface area contributed by atoms with Crippen molar-refractivity contribution in [1.82, 2.24) is 4.98 Å². The van der Waals surface area contributed by atoms with Crippen molar-refractivity contribution in [3.63, 3.8) is 0 Å². The SMILES string of the molecule is NCc1nccc(OC(F)(F)F)c1F. The third-order valence-corrected chi connectivity index (χ3v) is 1.35. The molecule has 7 heteroatoms. The summed E-state index contributed by atoms with van der Waals surface area (Å²) in [5.41, 5.74) is 4.77. The van der Waals surface area contributed by atoms with Crippen LogP contribution in [0, 0.1) is 5.82 Å². The fourth-order valence-electron chi connectivity index (χ4n) is 0.813. The lowest BCUT2D eigenvalue weighted by Crippen LogP contribution is -2.18. The van der Waals surface area contributed by atoms with Crippen LogP contribution in [0.2, 0.25) is 0 Å². The molecule has 0 bridgehead atoms. The van der Waals surface area contributed by atoms with Crippen LogP contribution in [0.1, 0.15) is 5.69 Å². The first-order chi connectivity index (χ1) is 6.44. The molecule has 3 nitrogen and oxygen atoms in total. The molecule has 0 unspecified atom stereocenters. The smallest absolute Gasteiger partial charge is 0.403 e. The normalized spacial score (nSPS) is 11.5. The number of rotatable bonds is 2. The summed E-state index contributed by atoms with van der Waals surface area (Å²) in [5.74, 6) is -2.11. The minimum Gasteiger partial charge on any atom is -0.403 e. The largest absolute Gasteiger partial charge is 0.573 e. The summed E-state index contributed by atoms with van der Waals surface area (Å²) >= 11 is 0. The zero-order valence-electron chi connectivity index (χ0n) is 6.81. The molecule has 0 aliphatic carbocycles. The molecule has 1 aromatic rings. The van der Waals surface area contributed by atoms with Gasteiger partial charge in [0.05, 0.1) is 5.69 Å². The second-order valence-electron chi connectivity index (χ2n) is 2.32. The van der Waals surface area contributed by atoms with Gasteiger partial charge in [-0.05, 0) is 0 Å². The second-order valence-corrected chi connectivity index (χ2v) is 2.32. The Morgan fingerprint density at radius 2 is 2.07 bits per heavy atom. The minimum atomic E-state index is -4.92. The average molecular weight is 210 g/mol. The molecule has 0 spiro atoms. The lowest BCUT2D eigenvalue weighted by Gasteiger charge is -2.10. The van der Waals surface area contributed by atoms with Gasteiger partial charge in [-0.2, -0.15) is 0 Å². The van der Waals surface area contributed by atoms with Gasteiger partial charge in [0.15, 0.2) is 11.6 Å². The van der Waals surface area contributed by atoms with E-state index in [2.05, 4.69) is 9.72 Å². The summed E-state index contributed by atoms with van der Waals surface area (Å²) in [5, 5.41) is 0. The van der Waals surface area contributed by atoms with Gasteiger partial charge in [-0.1, -0.05) is 0 Å². The van der Waals surface area contributed by atoms with Crippen molar-refractivity contribution in [3.8, 4) is 5.75 Å². The van der Waals surface area contributed by atoms with Gasteiger partial charge >= 0.3 is 6.36 Å².